The second-order valence-electron chi connectivity index (χ2n) is 9.18. The lowest BCUT2D eigenvalue weighted by molar-refractivity contribution is -0.200. The summed E-state index contributed by atoms with van der Waals surface area (Å²) in [4.78, 5) is 0. The first kappa shape index (κ1) is 25.3. The van der Waals surface area contributed by atoms with Gasteiger partial charge in [0.05, 0.1) is 0 Å². The molecular formula is C27H32F2O4S. The summed E-state index contributed by atoms with van der Waals surface area (Å²) >= 11 is 1.30. The van der Waals surface area contributed by atoms with Crippen LogP contribution in [-0.4, -0.2) is 51.2 Å². The highest BCUT2D eigenvalue weighted by Crippen LogP contribution is 2.38. The van der Waals surface area contributed by atoms with Gasteiger partial charge in [-0.2, -0.15) is 0 Å². The third-order valence-corrected chi connectivity index (χ3v) is 7.72. The Morgan fingerprint density at radius 3 is 2.35 bits per heavy atom. The van der Waals surface area contributed by atoms with Gasteiger partial charge < -0.3 is 20.1 Å². The summed E-state index contributed by atoms with van der Waals surface area (Å²) in [7, 11) is 0. The van der Waals surface area contributed by atoms with Crippen molar-refractivity contribution in [3.05, 3.63) is 76.4 Å². The summed E-state index contributed by atoms with van der Waals surface area (Å²) in [5.74, 6) is -2.59. The molecule has 0 saturated carbocycles. The molecule has 0 bridgehead atoms. The summed E-state index contributed by atoms with van der Waals surface area (Å²) in [5, 5.41) is 31.0. The summed E-state index contributed by atoms with van der Waals surface area (Å²) < 4.78 is 32.8. The van der Waals surface area contributed by atoms with Crippen molar-refractivity contribution < 1.29 is 28.8 Å². The number of hydrogen-bond acceptors (Lipinski definition) is 5. The highest BCUT2D eigenvalue weighted by atomic mass is 32.2. The van der Waals surface area contributed by atoms with E-state index in [1.54, 1.807) is 12.3 Å². The minimum absolute atomic E-state index is 0.106. The van der Waals surface area contributed by atoms with Crippen molar-refractivity contribution >= 4 is 17.3 Å². The van der Waals surface area contributed by atoms with Crippen LogP contribution in [0, 0.1) is 0 Å². The Balaban J connectivity index is 1.54. The van der Waals surface area contributed by atoms with Crippen LogP contribution < -0.4 is 0 Å². The van der Waals surface area contributed by atoms with Crippen LogP contribution in [0.2, 0.25) is 0 Å². The zero-order valence-corrected chi connectivity index (χ0v) is 20.3. The number of thioether (sulfide) groups is 1. The van der Waals surface area contributed by atoms with Gasteiger partial charge in [-0.3, -0.25) is 0 Å². The van der Waals surface area contributed by atoms with Gasteiger partial charge in [0.1, 0.15) is 29.9 Å². The second-order valence-corrected chi connectivity index (χ2v) is 10.1. The smallest absolute Gasteiger partial charge is 0.251 e. The minimum atomic E-state index is -2.59. The third-order valence-electron chi connectivity index (χ3n) is 6.87. The largest absolute Gasteiger partial charge is 0.387 e. The third kappa shape index (κ3) is 5.39. The molecule has 0 unspecified atom stereocenters. The highest BCUT2D eigenvalue weighted by Gasteiger charge is 2.44. The SMILES string of the molecule is CCc1ccc([C@@H]2O[C@H](SC)[C@@H](O)[C@H](O)[C@H]2O)cc1Cc1ccc(C2=CCC(F)(F)CC2)cc1. The number of allylic oxidation sites excluding steroid dienone is 2. The Kier molecular flexibility index (Phi) is 7.79. The summed E-state index contributed by atoms with van der Waals surface area (Å²) in [6.45, 7) is 2.09. The van der Waals surface area contributed by atoms with Crippen molar-refractivity contribution in [1.29, 1.82) is 0 Å². The molecule has 1 heterocycles. The molecule has 1 aliphatic heterocycles. The maximum Gasteiger partial charge on any atom is 0.251 e. The molecule has 0 aromatic heterocycles. The summed E-state index contributed by atoms with van der Waals surface area (Å²) in [5.41, 5.74) is 5.46. The highest BCUT2D eigenvalue weighted by molar-refractivity contribution is 7.99. The van der Waals surface area contributed by atoms with E-state index in [2.05, 4.69) is 6.92 Å². The number of rotatable bonds is 6. The lowest BCUT2D eigenvalue weighted by Crippen LogP contribution is -2.52. The molecule has 2 aromatic carbocycles. The molecular weight excluding hydrogens is 458 g/mol. The lowest BCUT2D eigenvalue weighted by Gasteiger charge is -2.40. The quantitative estimate of drug-likeness (QED) is 0.538. The normalized spacial score (nSPS) is 29.0. The summed E-state index contributed by atoms with van der Waals surface area (Å²) in [6.07, 6.45) is 0.640. The Labute approximate surface area is 203 Å². The van der Waals surface area contributed by atoms with E-state index >= 15 is 0 Å². The van der Waals surface area contributed by atoms with Gasteiger partial charge in [0.25, 0.3) is 5.92 Å². The zero-order valence-electron chi connectivity index (χ0n) is 19.5. The Morgan fingerprint density at radius 2 is 1.74 bits per heavy atom. The molecule has 1 aliphatic carbocycles. The summed E-state index contributed by atoms with van der Waals surface area (Å²) in [6, 6.07) is 14.0. The van der Waals surface area contributed by atoms with Crippen LogP contribution in [0.5, 0.6) is 0 Å². The van der Waals surface area contributed by atoms with Gasteiger partial charge in [-0.05, 0) is 58.9 Å². The van der Waals surface area contributed by atoms with E-state index in [1.807, 2.05) is 42.5 Å². The van der Waals surface area contributed by atoms with Gasteiger partial charge in [0, 0.05) is 12.8 Å². The van der Waals surface area contributed by atoms with E-state index in [-0.39, 0.29) is 12.8 Å². The molecule has 3 N–H and O–H groups in total. The van der Waals surface area contributed by atoms with Crippen LogP contribution in [0.25, 0.3) is 5.57 Å². The van der Waals surface area contributed by atoms with Gasteiger partial charge >= 0.3 is 0 Å². The van der Waals surface area contributed by atoms with Gasteiger partial charge in [0.2, 0.25) is 0 Å². The molecule has 1 saturated heterocycles. The van der Waals surface area contributed by atoms with E-state index in [4.69, 9.17) is 4.74 Å². The first-order valence-corrected chi connectivity index (χ1v) is 13.0. The zero-order chi connectivity index (χ0) is 24.5. The second kappa shape index (κ2) is 10.5. The maximum atomic E-state index is 13.4. The number of hydrogen-bond donors (Lipinski definition) is 3. The van der Waals surface area contributed by atoms with Crippen molar-refractivity contribution in [3.63, 3.8) is 0 Å². The van der Waals surface area contributed by atoms with Crippen LogP contribution in [0.4, 0.5) is 8.78 Å². The van der Waals surface area contributed by atoms with E-state index < -0.39 is 35.8 Å². The van der Waals surface area contributed by atoms with Gasteiger partial charge in [-0.1, -0.05) is 55.5 Å². The van der Waals surface area contributed by atoms with Crippen molar-refractivity contribution in [2.45, 2.75) is 74.8 Å². The topological polar surface area (TPSA) is 69.9 Å². The molecule has 2 aromatic rings. The Morgan fingerprint density at radius 1 is 1.00 bits per heavy atom. The number of aliphatic hydroxyl groups is 3. The molecule has 4 nitrogen and oxygen atoms in total. The van der Waals surface area contributed by atoms with Crippen LogP contribution in [-0.2, 0) is 17.6 Å². The van der Waals surface area contributed by atoms with Crippen LogP contribution in [0.15, 0.2) is 48.5 Å². The van der Waals surface area contributed by atoms with Crippen molar-refractivity contribution in [2.75, 3.05) is 6.26 Å². The average Bonchev–Trinajstić information content (AvgIpc) is 2.83. The molecule has 0 amide bonds. The minimum Gasteiger partial charge on any atom is -0.387 e. The molecule has 0 radical (unpaired) electrons. The predicted octanol–water partition coefficient (Wildman–Crippen LogP) is 4.89. The van der Waals surface area contributed by atoms with E-state index in [0.717, 1.165) is 34.2 Å². The Hall–Kier alpha value is -1.77. The molecule has 7 heteroatoms. The molecule has 5 atom stereocenters. The standard InChI is InChI=1S/C27H32F2O4S/c1-3-17-8-9-20(25-23(31)22(30)24(32)26(33-25)34-2)15-21(17)14-16-4-6-18(7-5-16)19-10-12-27(28,29)13-11-19/h4-10,15,22-26,30-32H,3,11-14H2,1-2H3/t22-,23-,24+,25+,26-/m1/s1. The van der Waals surface area contributed by atoms with E-state index in [1.165, 1.54) is 17.3 Å². The van der Waals surface area contributed by atoms with E-state index in [9.17, 15) is 24.1 Å². The van der Waals surface area contributed by atoms with Crippen molar-refractivity contribution in [3.8, 4) is 0 Å². The van der Waals surface area contributed by atoms with E-state index in [0.29, 0.717) is 12.8 Å². The van der Waals surface area contributed by atoms with Gasteiger partial charge in [-0.25, -0.2) is 8.78 Å². The van der Waals surface area contributed by atoms with Gasteiger partial charge in [-0.15, -0.1) is 11.8 Å². The lowest BCUT2D eigenvalue weighted by atomic mass is 9.89. The average molecular weight is 491 g/mol. The maximum absolute atomic E-state index is 13.4. The van der Waals surface area contributed by atoms with Crippen molar-refractivity contribution in [2.24, 2.45) is 0 Å². The fraction of sp³-hybridized carbons (Fsp3) is 0.481. The van der Waals surface area contributed by atoms with Crippen LogP contribution in [0.3, 0.4) is 0 Å². The number of benzene rings is 2. The monoisotopic (exact) mass is 490 g/mol. The number of alkyl halides is 2. The van der Waals surface area contributed by atoms with Crippen LogP contribution >= 0.6 is 11.8 Å². The molecule has 4 rings (SSSR count). The molecule has 1 fully saturated rings. The number of halogens is 2. The van der Waals surface area contributed by atoms with Gasteiger partial charge in [0.15, 0.2) is 0 Å². The molecule has 184 valence electrons. The number of aliphatic hydroxyl groups excluding tert-OH is 3. The number of aryl methyl sites for hydroxylation is 1. The Bertz CT molecular complexity index is 1020. The first-order chi connectivity index (χ1) is 16.2. The predicted molar refractivity (Wildman–Crippen MR) is 131 cm³/mol. The fourth-order valence-electron chi connectivity index (χ4n) is 4.76. The molecule has 2 aliphatic rings. The van der Waals surface area contributed by atoms with Crippen LogP contribution in [0.1, 0.15) is 60.1 Å². The fourth-order valence-corrected chi connectivity index (χ4v) is 5.43. The molecule has 34 heavy (non-hydrogen) atoms. The molecule has 0 spiro atoms. The van der Waals surface area contributed by atoms with Crippen molar-refractivity contribution in [1.82, 2.24) is 0 Å². The first-order valence-electron chi connectivity index (χ1n) is 11.7. The number of ether oxygens (including phenoxy) is 1.